The first-order valence-corrected chi connectivity index (χ1v) is 9.81. The molecule has 8 heteroatoms. The Morgan fingerprint density at radius 3 is 2.63 bits per heavy atom. The van der Waals surface area contributed by atoms with Crippen LogP contribution in [-0.2, 0) is 17.9 Å². The molecule has 0 saturated heterocycles. The van der Waals surface area contributed by atoms with Crippen molar-refractivity contribution in [3.8, 4) is 0 Å². The van der Waals surface area contributed by atoms with Crippen LogP contribution >= 0.6 is 22.9 Å². The van der Waals surface area contributed by atoms with Crippen LogP contribution in [0.3, 0.4) is 0 Å². The number of hydrogen-bond acceptors (Lipinski definition) is 4. The minimum absolute atomic E-state index is 0.126. The van der Waals surface area contributed by atoms with Gasteiger partial charge < -0.3 is 5.32 Å². The monoisotopic (exact) mass is 405 g/mol. The number of nitrogens with one attached hydrogen (secondary N) is 1. The molecule has 3 aromatic rings. The van der Waals surface area contributed by atoms with Crippen LogP contribution in [0.2, 0.25) is 5.02 Å². The number of benzene rings is 1. The van der Waals surface area contributed by atoms with Crippen LogP contribution in [0.25, 0.3) is 10.2 Å². The van der Waals surface area contributed by atoms with Gasteiger partial charge in [0.25, 0.3) is 5.56 Å². The van der Waals surface area contributed by atoms with Crippen LogP contribution in [0.5, 0.6) is 0 Å². The fourth-order valence-corrected chi connectivity index (χ4v) is 4.04. The summed E-state index contributed by atoms with van der Waals surface area (Å²) in [7, 11) is 0. The smallest absolute Gasteiger partial charge is 0.323 e. The lowest BCUT2D eigenvalue weighted by atomic mass is 10.2. The molecular weight excluding hydrogens is 386 g/mol. The second-order valence-corrected chi connectivity index (χ2v) is 8.12. The predicted octanol–water partition coefficient (Wildman–Crippen LogP) is 3.48. The molecule has 2 aromatic heterocycles. The standard InChI is InChI=1S/C19H20ClN3O3S/c1-11(2)9-23-18(25)17-14(7-8-27-17)22(19(23)26)10-15(24)21-16-12(3)5-4-6-13(16)20/h4-8,11H,9-10H2,1-3H3,(H,21,24). The van der Waals surface area contributed by atoms with Crippen molar-refractivity contribution in [2.45, 2.75) is 33.9 Å². The SMILES string of the molecule is Cc1cccc(Cl)c1NC(=O)Cn1c(=O)n(CC(C)C)c(=O)c2sccc21. The fourth-order valence-electron chi connectivity index (χ4n) is 2.93. The molecule has 1 N–H and O–H groups in total. The molecule has 1 amide bonds. The van der Waals surface area contributed by atoms with Gasteiger partial charge in [-0.3, -0.25) is 18.7 Å². The second-order valence-electron chi connectivity index (χ2n) is 6.79. The molecule has 0 aliphatic carbocycles. The molecule has 142 valence electrons. The number of fused-ring (bicyclic) bond motifs is 1. The van der Waals surface area contributed by atoms with Gasteiger partial charge in [0, 0.05) is 6.54 Å². The van der Waals surface area contributed by atoms with E-state index in [-0.39, 0.29) is 23.9 Å². The molecule has 6 nitrogen and oxygen atoms in total. The largest absolute Gasteiger partial charge is 0.332 e. The number of amides is 1. The summed E-state index contributed by atoms with van der Waals surface area (Å²) in [6, 6.07) is 7.02. The number of carbonyl (C=O) groups is 1. The molecule has 3 rings (SSSR count). The van der Waals surface area contributed by atoms with E-state index in [9.17, 15) is 14.4 Å². The van der Waals surface area contributed by atoms with Gasteiger partial charge in [0.1, 0.15) is 11.2 Å². The first-order chi connectivity index (χ1) is 12.8. The van der Waals surface area contributed by atoms with E-state index in [0.29, 0.717) is 27.5 Å². The van der Waals surface area contributed by atoms with Crippen LogP contribution in [-0.4, -0.2) is 15.0 Å². The zero-order chi connectivity index (χ0) is 19.7. The number of thiophene rings is 1. The average Bonchev–Trinajstić information content (AvgIpc) is 3.08. The molecule has 0 bridgehead atoms. The Morgan fingerprint density at radius 1 is 1.22 bits per heavy atom. The summed E-state index contributed by atoms with van der Waals surface area (Å²) in [5.41, 5.74) is 1.03. The maximum absolute atomic E-state index is 12.9. The molecule has 0 saturated carbocycles. The van der Waals surface area contributed by atoms with Crippen LogP contribution in [0.1, 0.15) is 19.4 Å². The molecule has 0 unspecified atom stereocenters. The third-order valence-electron chi connectivity index (χ3n) is 4.17. The third kappa shape index (κ3) is 3.84. The van der Waals surface area contributed by atoms with E-state index in [1.165, 1.54) is 20.5 Å². The molecule has 0 fully saturated rings. The highest BCUT2D eigenvalue weighted by Gasteiger charge is 2.17. The van der Waals surface area contributed by atoms with Crippen molar-refractivity contribution >= 4 is 44.7 Å². The molecule has 0 atom stereocenters. The molecule has 0 spiro atoms. The van der Waals surface area contributed by atoms with Crippen LogP contribution in [0, 0.1) is 12.8 Å². The number of halogens is 1. The van der Waals surface area contributed by atoms with Crippen molar-refractivity contribution in [3.05, 3.63) is 61.1 Å². The normalized spacial score (nSPS) is 11.3. The summed E-state index contributed by atoms with van der Waals surface area (Å²) in [5, 5.41) is 4.95. The Labute approximate surface area is 165 Å². The molecule has 0 aliphatic rings. The number of aryl methyl sites for hydroxylation is 1. The molecular formula is C19H20ClN3O3S. The predicted molar refractivity (Wildman–Crippen MR) is 110 cm³/mol. The first kappa shape index (κ1) is 19.4. The Balaban J connectivity index is 2.02. The minimum atomic E-state index is -0.481. The summed E-state index contributed by atoms with van der Waals surface area (Å²) in [6.07, 6.45) is 0. The van der Waals surface area contributed by atoms with E-state index in [1.807, 2.05) is 26.8 Å². The van der Waals surface area contributed by atoms with E-state index in [0.717, 1.165) is 5.56 Å². The van der Waals surface area contributed by atoms with Gasteiger partial charge in [-0.25, -0.2) is 4.79 Å². The molecule has 1 aromatic carbocycles. The number of nitrogens with zero attached hydrogens (tertiary/aromatic N) is 2. The second kappa shape index (κ2) is 7.70. The van der Waals surface area contributed by atoms with Gasteiger partial charge >= 0.3 is 5.69 Å². The molecule has 2 heterocycles. The summed E-state index contributed by atoms with van der Waals surface area (Å²) in [6.45, 7) is 5.81. The number of aromatic nitrogens is 2. The van der Waals surface area contributed by atoms with E-state index in [1.54, 1.807) is 23.6 Å². The summed E-state index contributed by atoms with van der Waals surface area (Å²) in [4.78, 5) is 38.1. The van der Waals surface area contributed by atoms with Gasteiger partial charge in [0.2, 0.25) is 5.91 Å². The van der Waals surface area contributed by atoms with E-state index in [4.69, 9.17) is 11.6 Å². The third-order valence-corrected chi connectivity index (χ3v) is 5.38. The highest BCUT2D eigenvalue weighted by molar-refractivity contribution is 7.17. The van der Waals surface area contributed by atoms with E-state index >= 15 is 0 Å². The molecule has 0 radical (unpaired) electrons. The number of hydrogen-bond donors (Lipinski definition) is 1. The van der Waals surface area contributed by atoms with Crippen molar-refractivity contribution in [2.75, 3.05) is 5.32 Å². The lowest BCUT2D eigenvalue weighted by molar-refractivity contribution is -0.116. The van der Waals surface area contributed by atoms with Crippen molar-refractivity contribution < 1.29 is 4.79 Å². The van der Waals surface area contributed by atoms with Crippen LogP contribution in [0.4, 0.5) is 5.69 Å². The zero-order valence-electron chi connectivity index (χ0n) is 15.3. The Bertz CT molecular complexity index is 1110. The first-order valence-electron chi connectivity index (χ1n) is 8.55. The lowest BCUT2D eigenvalue weighted by Gasteiger charge is -2.14. The molecule has 0 aliphatic heterocycles. The highest BCUT2D eigenvalue weighted by atomic mass is 35.5. The zero-order valence-corrected chi connectivity index (χ0v) is 16.9. The summed E-state index contributed by atoms with van der Waals surface area (Å²) < 4.78 is 3.02. The van der Waals surface area contributed by atoms with Gasteiger partial charge in [0.15, 0.2) is 0 Å². The minimum Gasteiger partial charge on any atom is -0.323 e. The van der Waals surface area contributed by atoms with Crippen molar-refractivity contribution in [1.29, 1.82) is 0 Å². The fraction of sp³-hybridized carbons (Fsp3) is 0.316. The summed E-state index contributed by atoms with van der Waals surface area (Å²) >= 11 is 7.43. The Hall–Kier alpha value is -2.38. The van der Waals surface area contributed by atoms with Crippen LogP contribution < -0.4 is 16.6 Å². The van der Waals surface area contributed by atoms with Gasteiger partial charge in [0.05, 0.1) is 16.2 Å². The number of carbonyl (C=O) groups excluding carboxylic acids is 1. The Kier molecular flexibility index (Phi) is 5.53. The number of para-hydroxylation sites is 1. The number of rotatable bonds is 5. The van der Waals surface area contributed by atoms with Crippen molar-refractivity contribution in [2.24, 2.45) is 5.92 Å². The van der Waals surface area contributed by atoms with Crippen molar-refractivity contribution in [1.82, 2.24) is 9.13 Å². The van der Waals surface area contributed by atoms with Gasteiger partial charge in [-0.05, 0) is 35.9 Å². The van der Waals surface area contributed by atoms with E-state index in [2.05, 4.69) is 5.32 Å². The summed E-state index contributed by atoms with van der Waals surface area (Å²) in [5.74, 6) is -0.253. The van der Waals surface area contributed by atoms with Crippen LogP contribution in [0.15, 0.2) is 39.2 Å². The average molecular weight is 406 g/mol. The topological polar surface area (TPSA) is 73.1 Å². The maximum Gasteiger partial charge on any atom is 0.332 e. The highest BCUT2D eigenvalue weighted by Crippen LogP contribution is 2.25. The van der Waals surface area contributed by atoms with Crippen molar-refractivity contribution in [3.63, 3.8) is 0 Å². The van der Waals surface area contributed by atoms with Gasteiger partial charge in [-0.1, -0.05) is 37.6 Å². The van der Waals surface area contributed by atoms with E-state index < -0.39 is 5.69 Å². The number of anilines is 1. The quantitative estimate of drug-likeness (QED) is 0.706. The van der Waals surface area contributed by atoms with Gasteiger partial charge in [-0.15, -0.1) is 11.3 Å². The molecule has 27 heavy (non-hydrogen) atoms. The Morgan fingerprint density at radius 2 is 1.96 bits per heavy atom. The maximum atomic E-state index is 12.9. The lowest BCUT2D eigenvalue weighted by Crippen LogP contribution is -2.42. The van der Waals surface area contributed by atoms with Gasteiger partial charge in [-0.2, -0.15) is 0 Å².